The fourth-order valence-corrected chi connectivity index (χ4v) is 2.71. The van der Waals surface area contributed by atoms with Crippen LogP contribution < -0.4 is 5.32 Å². The SMILES string of the molecule is O=C(Cc1cccc(F)c1)Nc1nc(C2CC2)cs1. The van der Waals surface area contributed by atoms with Crippen LogP contribution in [0.2, 0.25) is 0 Å². The molecule has 3 rings (SSSR count). The summed E-state index contributed by atoms with van der Waals surface area (Å²) in [5, 5.41) is 5.38. The number of amides is 1. The van der Waals surface area contributed by atoms with E-state index in [1.54, 1.807) is 12.1 Å². The van der Waals surface area contributed by atoms with Crippen molar-refractivity contribution < 1.29 is 9.18 Å². The fourth-order valence-electron chi connectivity index (χ4n) is 1.91. The molecule has 1 aliphatic rings. The van der Waals surface area contributed by atoms with Crippen molar-refractivity contribution in [1.82, 2.24) is 4.98 Å². The van der Waals surface area contributed by atoms with E-state index in [2.05, 4.69) is 10.3 Å². The molecule has 1 aromatic heterocycles. The van der Waals surface area contributed by atoms with Crippen molar-refractivity contribution >= 4 is 22.4 Å². The van der Waals surface area contributed by atoms with Crippen LogP contribution in [0, 0.1) is 5.82 Å². The number of nitrogens with zero attached hydrogens (tertiary/aromatic N) is 1. The lowest BCUT2D eigenvalue weighted by molar-refractivity contribution is -0.115. The van der Waals surface area contributed by atoms with Crippen LogP contribution in [0.1, 0.15) is 30.0 Å². The predicted octanol–water partition coefficient (Wildman–Crippen LogP) is 3.34. The lowest BCUT2D eigenvalue weighted by Gasteiger charge is -2.02. The highest BCUT2D eigenvalue weighted by Crippen LogP contribution is 2.40. The van der Waals surface area contributed by atoms with Gasteiger partial charge in [0.25, 0.3) is 0 Å². The number of benzene rings is 1. The number of halogens is 1. The van der Waals surface area contributed by atoms with E-state index in [-0.39, 0.29) is 18.1 Å². The van der Waals surface area contributed by atoms with Crippen molar-refractivity contribution in [2.45, 2.75) is 25.2 Å². The zero-order valence-corrected chi connectivity index (χ0v) is 11.0. The zero-order chi connectivity index (χ0) is 13.2. The largest absolute Gasteiger partial charge is 0.302 e. The maximum atomic E-state index is 13.0. The molecular weight excluding hydrogens is 263 g/mol. The number of nitrogens with one attached hydrogen (secondary N) is 1. The van der Waals surface area contributed by atoms with Crippen molar-refractivity contribution in [1.29, 1.82) is 0 Å². The summed E-state index contributed by atoms with van der Waals surface area (Å²) in [4.78, 5) is 16.2. The van der Waals surface area contributed by atoms with E-state index in [0.717, 1.165) is 5.69 Å². The van der Waals surface area contributed by atoms with E-state index < -0.39 is 0 Å². The summed E-state index contributed by atoms with van der Waals surface area (Å²) < 4.78 is 13.0. The Morgan fingerprint density at radius 2 is 2.32 bits per heavy atom. The highest BCUT2D eigenvalue weighted by molar-refractivity contribution is 7.13. The molecule has 2 aromatic rings. The Bertz CT molecular complexity index is 607. The zero-order valence-electron chi connectivity index (χ0n) is 10.2. The van der Waals surface area contributed by atoms with E-state index in [0.29, 0.717) is 16.6 Å². The molecule has 1 fully saturated rings. The molecular formula is C14H13FN2OS. The lowest BCUT2D eigenvalue weighted by atomic mass is 10.1. The molecule has 0 atom stereocenters. The summed E-state index contributed by atoms with van der Waals surface area (Å²) in [5.74, 6) is 0.1000. The highest BCUT2D eigenvalue weighted by Gasteiger charge is 2.26. The maximum absolute atomic E-state index is 13.0. The quantitative estimate of drug-likeness (QED) is 0.930. The van der Waals surface area contributed by atoms with Gasteiger partial charge in [-0.3, -0.25) is 4.79 Å². The molecule has 3 nitrogen and oxygen atoms in total. The monoisotopic (exact) mass is 276 g/mol. The Kier molecular flexibility index (Phi) is 3.29. The van der Waals surface area contributed by atoms with Gasteiger partial charge in [-0.15, -0.1) is 11.3 Å². The summed E-state index contributed by atoms with van der Waals surface area (Å²) in [7, 11) is 0. The van der Waals surface area contributed by atoms with Crippen molar-refractivity contribution in [3.63, 3.8) is 0 Å². The van der Waals surface area contributed by atoms with Gasteiger partial charge in [0.15, 0.2) is 5.13 Å². The number of anilines is 1. The Morgan fingerprint density at radius 3 is 3.05 bits per heavy atom. The maximum Gasteiger partial charge on any atom is 0.230 e. The van der Waals surface area contributed by atoms with Gasteiger partial charge < -0.3 is 5.32 Å². The summed E-state index contributed by atoms with van der Waals surface area (Å²) in [5.41, 5.74) is 1.74. The van der Waals surface area contributed by atoms with Crippen LogP contribution in [0.25, 0.3) is 0 Å². The topological polar surface area (TPSA) is 42.0 Å². The summed E-state index contributed by atoms with van der Waals surface area (Å²) >= 11 is 1.44. The molecule has 0 radical (unpaired) electrons. The number of hydrogen-bond acceptors (Lipinski definition) is 3. The number of carbonyl (C=O) groups is 1. The van der Waals surface area contributed by atoms with Crippen LogP contribution in [0.4, 0.5) is 9.52 Å². The predicted molar refractivity (Wildman–Crippen MR) is 72.8 cm³/mol. The Morgan fingerprint density at radius 1 is 1.47 bits per heavy atom. The first-order chi connectivity index (χ1) is 9.20. The van der Waals surface area contributed by atoms with Crippen molar-refractivity contribution in [2.24, 2.45) is 0 Å². The molecule has 0 unspecified atom stereocenters. The molecule has 19 heavy (non-hydrogen) atoms. The fraction of sp³-hybridized carbons (Fsp3) is 0.286. The smallest absolute Gasteiger partial charge is 0.230 e. The van der Waals surface area contributed by atoms with E-state index in [4.69, 9.17) is 0 Å². The Labute approximate surface area is 114 Å². The molecule has 5 heteroatoms. The second kappa shape index (κ2) is 5.09. The third-order valence-electron chi connectivity index (χ3n) is 3.02. The van der Waals surface area contributed by atoms with Crippen molar-refractivity contribution in [3.05, 3.63) is 46.7 Å². The van der Waals surface area contributed by atoms with E-state index in [9.17, 15) is 9.18 Å². The van der Waals surface area contributed by atoms with E-state index >= 15 is 0 Å². The molecule has 1 amide bonds. The van der Waals surface area contributed by atoms with Gasteiger partial charge in [0, 0.05) is 11.3 Å². The average Bonchev–Trinajstić information content (AvgIpc) is 3.11. The van der Waals surface area contributed by atoms with E-state index in [1.807, 2.05) is 5.38 Å². The van der Waals surface area contributed by atoms with Gasteiger partial charge in [-0.05, 0) is 30.5 Å². The molecule has 1 N–H and O–H groups in total. The number of hydrogen-bond donors (Lipinski definition) is 1. The van der Waals surface area contributed by atoms with Crippen LogP contribution in [-0.4, -0.2) is 10.9 Å². The first kappa shape index (κ1) is 12.3. The molecule has 1 aromatic carbocycles. The van der Waals surface area contributed by atoms with Gasteiger partial charge in [-0.1, -0.05) is 12.1 Å². The first-order valence-corrected chi connectivity index (χ1v) is 7.08. The Hall–Kier alpha value is -1.75. The average molecular weight is 276 g/mol. The highest BCUT2D eigenvalue weighted by atomic mass is 32.1. The standard InChI is InChI=1S/C14H13FN2OS/c15-11-3-1-2-9(6-11)7-13(18)17-14-16-12(8-19-14)10-4-5-10/h1-3,6,8,10H,4-5,7H2,(H,16,17,18). The third kappa shape index (κ3) is 3.17. The molecule has 0 spiro atoms. The molecule has 0 saturated heterocycles. The van der Waals surface area contributed by atoms with Gasteiger partial charge in [-0.2, -0.15) is 0 Å². The molecule has 1 aliphatic carbocycles. The molecule has 0 aliphatic heterocycles. The number of thiazole rings is 1. The lowest BCUT2D eigenvalue weighted by Crippen LogP contribution is -2.14. The third-order valence-corrected chi connectivity index (χ3v) is 3.79. The summed E-state index contributed by atoms with van der Waals surface area (Å²) in [6.45, 7) is 0. The number of rotatable bonds is 4. The second-order valence-electron chi connectivity index (χ2n) is 4.71. The summed E-state index contributed by atoms with van der Waals surface area (Å²) in [6.07, 6.45) is 2.55. The molecule has 0 bridgehead atoms. The summed E-state index contributed by atoms with van der Waals surface area (Å²) in [6, 6.07) is 6.08. The van der Waals surface area contributed by atoms with Gasteiger partial charge in [0.05, 0.1) is 12.1 Å². The number of aromatic nitrogens is 1. The molecule has 98 valence electrons. The van der Waals surface area contributed by atoms with Crippen LogP contribution in [-0.2, 0) is 11.2 Å². The minimum absolute atomic E-state index is 0.163. The van der Waals surface area contributed by atoms with Gasteiger partial charge in [0.1, 0.15) is 5.82 Å². The van der Waals surface area contributed by atoms with Gasteiger partial charge in [0.2, 0.25) is 5.91 Å². The minimum atomic E-state index is -0.324. The number of carbonyl (C=O) groups excluding carboxylic acids is 1. The Balaban J connectivity index is 1.61. The van der Waals surface area contributed by atoms with Crippen molar-refractivity contribution in [2.75, 3.05) is 5.32 Å². The second-order valence-corrected chi connectivity index (χ2v) is 5.56. The van der Waals surface area contributed by atoms with Gasteiger partial charge >= 0.3 is 0 Å². The van der Waals surface area contributed by atoms with E-state index in [1.165, 1.54) is 36.3 Å². The normalized spacial score (nSPS) is 14.4. The van der Waals surface area contributed by atoms with Crippen LogP contribution in [0.3, 0.4) is 0 Å². The van der Waals surface area contributed by atoms with Gasteiger partial charge in [-0.25, -0.2) is 9.37 Å². The van der Waals surface area contributed by atoms with Crippen LogP contribution >= 0.6 is 11.3 Å². The van der Waals surface area contributed by atoms with Crippen molar-refractivity contribution in [3.8, 4) is 0 Å². The molecule has 1 heterocycles. The minimum Gasteiger partial charge on any atom is -0.302 e. The molecule has 1 saturated carbocycles. The first-order valence-electron chi connectivity index (χ1n) is 6.20. The van der Waals surface area contributed by atoms with Crippen LogP contribution in [0.15, 0.2) is 29.6 Å². The van der Waals surface area contributed by atoms with Crippen LogP contribution in [0.5, 0.6) is 0 Å².